The van der Waals surface area contributed by atoms with E-state index in [1.54, 1.807) is 30.9 Å². The van der Waals surface area contributed by atoms with Crippen molar-refractivity contribution in [3.8, 4) is 5.88 Å². The number of carbonyl (C=O) groups excluding carboxylic acids is 2. The highest BCUT2D eigenvalue weighted by molar-refractivity contribution is 6.06. The van der Waals surface area contributed by atoms with E-state index in [4.69, 9.17) is 10.5 Å². The summed E-state index contributed by atoms with van der Waals surface area (Å²) in [6.45, 7) is 7.26. The number of carbonyl (C=O) groups is 2. The second kappa shape index (κ2) is 5.23. The first-order valence-electron chi connectivity index (χ1n) is 6.77. The van der Waals surface area contributed by atoms with E-state index in [0.717, 1.165) is 0 Å². The summed E-state index contributed by atoms with van der Waals surface area (Å²) in [5.41, 5.74) is 5.37. The molecule has 0 saturated carbocycles. The van der Waals surface area contributed by atoms with Gasteiger partial charge in [-0.3, -0.25) is 14.9 Å². The van der Waals surface area contributed by atoms with Gasteiger partial charge in [0.05, 0.1) is 18.3 Å². The molecule has 3 N–H and O–H groups in total. The van der Waals surface area contributed by atoms with Gasteiger partial charge in [0, 0.05) is 0 Å². The fourth-order valence-corrected chi connectivity index (χ4v) is 2.06. The van der Waals surface area contributed by atoms with Gasteiger partial charge in [0.25, 0.3) is 5.91 Å². The number of hydrogen-bond donors (Lipinski definition) is 2. The third-order valence-electron chi connectivity index (χ3n) is 3.28. The first kappa shape index (κ1) is 15.1. The molecule has 2 amide bonds. The Morgan fingerprint density at radius 1 is 1.38 bits per heavy atom. The van der Waals surface area contributed by atoms with Crippen LogP contribution < -0.4 is 20.7 Å². The highest BCUT2D eigenvalue weighted by atomic mass is 16.5. The number of nitrogen functional groups attached to an aromatic ring is 1. The number of ether oxygens (including phenoxy) is 1. The summed E-state index contributed by atoms with van der Waals surface area (Å²) in [7, 11) is 0. The van der Waals surface area contributed by atoms with Gasteiger partial charge in [0.1, 0.15) is 11.4 Å². The van der Waals surface area contributed by atoms with Crippen LogP contribution in [0.25, 0.3) is 0 Å². The van der Waals surface area contributed by atoms with Crippen molar-refractivity contribution >= 4 is 23.3 Å². The van der Waals surface area contributed by atoms with Crippen molar-refractivity contribution in [3.05, 3.63) is 12.1 Å². The Morgan fingerprint density at radius 3 is 2.67 bits per heavy atom. The fourth-order valence-electron chi connectivity index (χ4n) is 2.06. The molecule has 1 aromatic rings. The number of nitrogens with two attached hydrogens (primary N) is 1. The van der Waals surface area contributed by atoms with E-state index in [9.17, 15) is 9.59 Å². The summed E-state index contributed by atoms with van der Waals surface area (Å²) in [5.74, 6) is 0.0674. The first-order valence-corrected chi connectivity index (χ1v) is 6.77. The molecule has 0 radical (unpaired) electrons. The molecule has 0 atom stereocenters. The smallest absolute Gasteiger partial charge is 0.251 e. The predicted octanol–water partition coefficient (Wildman–Crippen LogP) is 0.692. The van der Waals surface area contributed by atoms with E-state index in [1.165, 1.54) is 0 Å². The lowest BCUT2D eigenvalue weighted by Gasteiger charge is -2.41. The van der Waals surface area contributed by atoms with E-state index < -0.39 is 5.54 Å². The van der Waals surface area contributed by atoms with E-state index in [0.29, 0.717) is 17.4 Å². The Morgan fingerprint density at radius 2 is 2.05 bits per heavy atom. The highest BCUT2D eigenvalue weighted by Gasteiger charge is 2.41. The van der Waals surface area contributed by atoms with E-state index >= 15 is 0 Å². The van der Waals surface area contributed by atoms with Gasteiger partial charge >= 0.3 is 0 Å². The highest BCUT2D eigenvalue weighted by Crippen LogP contribution is 2.29. The molecule has 7 heteroatoms. The number of nitrogens with one attached hydrogen (secondary N) is 1. The maximum Gasteiger partial charge on any atom is 0.251 e. The van der Waals surface area contributed by atoms with Gasteiger partial charge in [-0.25, -0.2) is 0 Å². The van der Waals surface area contributed by atoms with Crippen molar-refractivity contribution in [1.29, 1.82) is 0 Å². The molecule has 2 heterocycles. The van der Waals surface area contributed by atoms with Gasteiger partial charge in [-0.2, -0.15) is 4.98 Å². The minimum Gasteiger partial charge on any atom is -0.473 e. The van der Waals surface area contributed by atoms with Crippen LogP contribution in [-0.2, 0) is 9.59 Å². The summed E-state index contributed by atoms with van der Waals surface area (Å²) in [6.07, 6.45) is -0.0747. The van der Waals surface area contributed by atoms with E-state index in [2.05, 4.69) is 10.3 Å². The third kappa shape index (κ3) is 2.91. The van der Waals surface area contributed by atoms with Gasteiger partial charge in [-0.15, -0.1) is 0 Å². The van der Waals surface area contributed by atoms with Crippen LogP contribution in [0.4, 0.5) is 11.5 Å². The fraction of sp³-hybridized carbons (Fsp3) is 0.500. The molecule has 0 spiro atoms. The van der Waals surface area contributed by atoms with E-state index in [1.807, 2.05) is 13.8 Å². The molecule has 7 nitrogen and oxygen atoms in total. The zero-order valence-corrected chi connectivity index (χ0v) is 12.6. The molecule has 0 bridgehead atoms. The number of piperazine rings is 1. The number of nitrogens with zero attached hydrogens (tertiary/aromatic N) is 2. The molecule has 0 aliphatic carbocycles. The molecule has 1 aliphatic heterocycles. The maximum absolute atomic E-state index is 12.0. The predicted molar refractivity (Wildman–Crippen MR) is 79.0 cm³/mol. The average Bonchev–Trinajstić information content (AvgIpc) is 2.36. The lowest BCUT2D eigenvalue weighted by atomic mass is 9.98. The molecule has 21 heavy (non-hydrogen) atoms. The topological polar surface area (TPSA) is 97.5 Å². The van der Waals surface area contributed by atoms with Crippen molar-refractivity contribution in [2.75, 3.05) is 17.2 Å². The van der Waals surface area contributed by atoms with Crippen LogP contribution in [0.5, 0.6) is 5.88 Å². The molecule has 114 valence electrons. The molecular weight excluding hydrogens is 272 g/mol. The summed E-state index contributed by atoms with van der Waals surface area (Å²) in [5, 5.41) is 2.32. The van der Waals surface area contributed by atoms with Gasteiger partial charge in [0.15, 0.2) is 0 Å². The molecule has 1 aromatic heterocycles. The number of hydrogen-bond acceptors (Lipinski definition) is 6. The normalized spacial score (nSPS) is 17.9. The second-order valence-corrected chi connectivity index (χ2v) is 5.75. The Kier molecular flexibility index (Phi) is 3.76. The molecule has 0 unspecified atom stereocenters. The van der Waals surface area contributed by atoms with Gasteiger partial charge in [-0.05, 0) is 39.8 Å². The van der Waals surface area contributed by atoms with Crippen molar-refractivity contribution in [1.82, 2.24) is 10.3 Å². The SMILES string of the molecule is CC(C)Oc1nc(N2CC(=O)NC(=O)C2(C)C)ccc1N. The Balaban J connectivity index is 2.40. The Labute approximate surface area is 123 Å². The zero-order valence-electron chi connectivity index (χ0n) is 12.6. The van der Waals surface area contributed by atoms with Crippen molar-refractivity contribution in [2.45, 2.75) is 39.3 Å². The van der Waals surface area contributed by atoms with Gasteiger partial charge in [-0.1, -0.05) is 0 Å². The number of rotatable bonds is 3. The van der Waals surface area contributed by atoms with Gasteiger partial charge < -0.3 is 15.4 Å². The summed E-state index contributed by atoms with van der Waals surface area (Å²) in [6, 6.07) is 3.34. The number of aromatic nitrogens is 1. The van der Waals surface area contributed by atoms with Crippen LogP contribution in [0.1, 0.15) is 27.7 Å². The number of amides is 2. The summed E-state index contributed by atoms with van der Waals surface area (Å²) in [4.78, 5) is 29.6. The third-order valence-corrected chi connectivity index (χ3v) is 3.28. The average molecular weight is 292 g/mol. The molecule has 0 aromatic carbocycles. The van der Waals surface area contributed by atoms with Crippen LogP contribution in [-0.4, -0.2) is 35.0 Å². The lowest BCUT2D eigenvalue weighted by molar-refractivity contribution is -0.135. The van der Waals surface area contributed by atoms with Gasteiger partial charge in [0.2, 0.25) is 11.8 Å². The molecule has 1 aliphatic rings. The largest absolute Gasteiger partial charge is 0.473 e. The Hall–Kier alpha value is -2.31. The van der Waals surface area contributed by atoms with Crippen LogP contribution in [0.3, 0.4) is 0 Å². The quantitative estimate of drug-likeness (QED) is 0.796. The summed E-state index contributed by atoms with van der Waals surface area (Å²) >= 11 is 0. The monoisotopic (exact) mass is 292 g/mol. The minimum absolute atomic E-state index is 0.0524. The summed E-state index contributed by atoms with van der Waals surface area (Å²) < 4.78 is 5.55. The van der Waals surface area contributed by atoms with E-state index in [-0.39, 0.29) is 24.5 Å². The van der Waals surface area contributed by atoms with Crippen LogP contribution in [0.15, 0.2) is 12.1 Å². The zero-order chi connectivity index (χ0) is 15.8. The second-order valence-electron chi connectivity index (χ2n) is 5.75. The molecular formula is C14H20N4O3. The van der Waals surface area contributed by atoms with Crippen LogP contribution in [0, 0.1) is 0 Å². The first-order chi connectivity index (χ1) is 9.71. The molecule has 1 fully saturated rings. The van der Waals surface area contributed by atoms with Crippen LogP contribution in [0.2, 0.25) is 0 Å². The molecule has 1 saturated heterocycles. The number of anilines is 2. The van der Waals surface area contributed by atoms with Crippen molar-refractivity contribution in [3.63, 3.8) is 0 Å². The Bertz CT molecular complexity index is 584. The van der Waals surface area contributed by atoms with Crippen molar-refractivity contribution in [2.24, 2.45) is 0 Å². The number of imide groups is 1. The standard InChI is InChI=1S/C14H20N4O3/c1-8(2)21-12-9(15)5-6-10(16-12)18-7-11(19)17-13(20)14(18,3)4/h5-6,8H,7,15H2,1-4H3,(H,17,19,20). The number of pyridine rings is 1. The van der Waals surface area contributed by atoms with Crippen molar-refractivity contribution < 1.29 is 14.3 Å². The minimum atomic E-state index is -0.883. The van der Waals surface area contributed by atoms with Crippen LogP contribution >= 0.6 is 0 Å². The lowest BCUT2D eigenvalue weighted by Crippen LogP contribution is -2.64. The molecule has 2 rings (SSSR count). The maximum atomic E-state index is 12.0.